The first-order valence-corrected chi connectivity index (χ1v) is 9.14. The standard InChI is InChI=1S/C16H16FN5O3S/c1-10-2-3-14(16-15(10)11(5-18)6-19-16)21-26(24,25)13-7-20-22(8-13)12(4-17)9-23/h2-3,6-8,12,19,21,23H,4,9H2,1H3. The number of aliphatic hydroxyl groups is 1. The lowest BCUT2D eigenvalue weighted by Gasteiger charge is -2.10. The third-order valence-corrected chi connectivity index (χ3v) is 5.38. The lowest BCUT2D eigenvalue weighted by Crippen LogP contribution is -2.16. The van der Waals surface area contributed by atoms with Crippen molar-refractivity contribution in [2.45, 2.75) is 17.9 Å². The highest BCUT2D eigenvalue weighted by molar-refractivity contribution is 7.92. The molecule has 0 aliphatic heterocycles. The number of sulfonamides is 1. The first kappa shape index (κ1) is 17.9. The monoisotopic (exact) mass is 377 g/mol. The van der Waals surface area contributed by atoms with Crippen LogP contribution in [0.15, 0.2) is 35.6 Å². The Labute approximate surface area is 148 Å². The number of aromatic amines is 1. The number of hydrogen-bond acceptors (Lipinski definition) is 5. The van der Waals surface area contributed by atoms with Crippen LogP contribution in [0.4, 0.5) is 10.1 Å². The second kappa shape index (κ2) is 6.78. The lowest BCUT2D eigenvalue weighted by molar-refractivity contribution is 0.190. The van der Waals surface area contributed by atoms with Gasteiger partial charge in [-0.15, -0.1) is 0 Å². The molecule has 1 unspecified atom stereocenters. The molecule has 0 radical (unpaired) electrons. The SMILES string of the molecule is Cc1ccc(NS(=O)(=O)c2cnn(C(CO)CF)c2)c2[nH]cc(C#N)c12. The number of anilines is 1. The summed E-state index contributed by atoms with van der Waals surface area (Å²) in [6.07, 6.45) is 3.76. The van der Waals surface area contributed by atoms with E-state index < -0.39 is 29.3 Å². The molecule has 0 bridgehead atoms. The van der Waals surface area contributed by atoms with Gasteiger partial charge in [0.05, 0.1) is 29.6 Å². The minimum atomic E-state index is -3.98. The molecule has 3 aromatic rings. The van der Waals surface area contributed by atoms with Gasteiger partial charge in [0.1, 0.15) is 23.7 Å². The van der Waals surface area contributed by atoms with Crippen molar-refractivity contribution in [1.82, 2.24) is 14.8 Å². The van der Waals surface area contributed by atoms with Crippen LogP contribution < -0.4 is 4.72 Å². The highest BCUT2D eigenvalue weighted by Crippen LogP contribution is 2.30. The van der Waals surface area contributed by atoms with E-state index >= 15 is 0 Å². The molecule has 8 nitrogen and oxygen atoms in total. The maximum Gasteiger partial charge on any atom is 0.265 e. The second-order valence-corrected chi connectivity index (χ2v) is 7.43. The van der Waals surface area contributed by atoms with E-state index in [1.54, 1.807) is 12.1 Å². The van der Waals surface area contributed by atoms with Crippen LogP contribution in [0.2, 0.25) is 0 Å². The largest absolute Gasteiger partial charge is 0.394 e. The summed E-state index contributed by atoms with van der Waals surface area (Å²) in [5.41, 5.74) is 2.03. The minimum absolute atomic E-state index is 0.162. The lowest BCUT2D eigenvalue weighted by atomic mass is 10.1. The number of aryl methyl sites for hydroxylation is 1. The average Bonchev–Trinajstić information content (AvgIpc) is 3.26. The average molecular weight is 377 g/mol. The molecule has 0 fully saturated rings. The molecule has 26 heavy (non-hydrogen) atoms. The number of alkyl halides is 1. The molecule has 136 valence electrons. The number of benzene rings is 1. The summed E-state index contributed by atoms with van der Waals surface area (Å²) >= 11 is 0. The van der Waals surface area contributed by atoms with Crippen molar-refractivity contribution in [3.05, 3.63) is 41.9 Å². The first-order valence-electron chi connectivity index (χ1n) is 7.66. The van der Waals surface area contributed by atoms with Crippen LogP contribution in [-0.4, -0.2) is 41.6 Å². The van der Waals surface area contributed by atoms with Gasteiger partial charge in [-0.25, -0.2) is 12.8 Å². The Morgan fingerprint density at radius 2 is 2.27 bits per heavy atom. The number of aromatic nitrogens is 3. The van der Waals surface area contributed by atoms with Crippen molar-refractivity contribution in [2.75, 3.05) is 18.0 Å². The van der Waals surface area contributed by atoms with Gasteiger partial charge < -0.3 is 10.1 Å². The van der Waals surface area contributed by atoms with Crippen molar-refractivity contribution in [1.29, 1.82) is 5.26 Å². The van der Waals surface area contributed by atoms with Gasteiger partial charge in [0, 0.05) is 17.8 Å². The van der Waals surface area contributed by atoms with Crippen LogP contribution in [0.5, 0.6) is 0 Å². The predicted octanol–water partition coefficient (Wildman–Crippen LogP) is 1.85. The third-order valence-electron chi connectivity index (χ3n) is 4.06. The maximum atomic E-state index is 12.8. The van der Waals surface area contributed by atoms with Gasteiger partial charge in [0.2, 0.25) is 0 Å². The molecule has 1 aromatic carbocycles. The number of nitrogens with zero attached hydrogens (tertiary/aromatic N) is 3. The van der Waals surface area contributed by atoms with Crippen molar-refractivity contribution < 1.29 is 17.9 Å². The molecular formula is C16H16FN5O3S. The van der Waals surface area contributed by atoms with E-state index in [2.05, 4.69) is 20.9 Å². The van der Waals surface area contributed by atoms with Gasteiger partial charge in [-0.2, -0.15) is 10.4 Å². The zero-order valence-corrected chi connectivity index (χ0v) is 14.6. The fourth-order valence-electron chi connectivity index (χ4n) is 2.66. The summed E-state index contributed by atoms with van der Waals surface area (Å²) in [7, 11) is -3.98. The molecule has 2 heterocycles. The summed E-state index contributed by atoms with van der Waals surface area (Å²) < 4.78 is 41.6. The fourth-order valence-corrected chi connectivity index (χ4v) is 3.67. The molecule has 2 aromatic heterocycles. The number of H-pyrrole nitrogens is 1. The van der Waals surface area contributed by atoms with E-state index in [9.17, 15) is 18.1 Å². The van der Waals surface area contributed by atoms with E-state index in [1.807, 2.05) is 6.92 Å². The van der Waals surface area contributed by atoms with Crippen LogP contribution in [0.1, 0.15) is 17.2 Å². The molecule has 0 saturated carbocycles. The van der Waals surface area contributed by atoms with Crippen molar-refractivity contribution in [2.24, 2.45) is 0 Å². The first-order chi connectivity index (χ1) is 12.4. The molecule has 0 amide bonds. The normalized spacial score (nSPS) is 12.8. The fraction of sp³-hybridized carbons (Fsp3) is 0.250. The summed E-state index contributed by atoms with van der Waals surface area (Å²) in [4.78, 5) is 2.75. The summed E-state index contributed by atoms with van der Waals surface area (Å²) in [6, 6.07) is 4.43. The summed E-state index contributed by atoms with van der Waals surface area (Å²) in [6.45, 7) is 0.456. The number of aliphatic hydroxyl groups excluding tert-OH is 1. The molecule has 0 aliphatic carbocycles. The van der Waals surface area contributed by atoms with Crippen LogP contribution in [0.3, 0.4) is 0 Å². The quantitative estimate of drug-likeness (QED) is 0.605. The highest BCUT2D eigenvalue weighted by Gasteiger charge is 2.21. The smallest absolute Gasteiger partial charge is 0.265 e. The van der Waals surface area contributed by atoms with E-state index in [1.165, 1.54) is 6.20 Å². The predicted molar refractivity (Wildman–Crippen MR) is 92.9 cm³/mol. The van der Waals surface area contributed by atoms with Gasteiger partial charge in [-0.05, 0) is 18.6 Å². The van der Waals surface area contributed by atoms with Crippen molar-refractivity contribution >= 4 is 26.6 Å². The number of rotatable bonds is 6. The van der Waals surface area contributed by atoms with Crippen LogP contribution >= 0.6 is 0 Å². The summed E-state index contributed by atoms with van der Waals surface area (Å²) in [5, 5.41) is 22.7. The van der Waals surface area contributed by atoms with Crippen LogP contribution in [0, 0.1) is 18.3 Å². The van der Waals surface area contributed by atoms with Gasteiger partial charge in [0.25, 0.3) is 10.0 Å². The van der Waals surface area contributed by atoms with E-state index in [0.717, 1.165) is 22.6 Å². The van der Waals surface area contributed by atoms with Crippen LogP contribution in [-0.2, 0) is 10.0 Å². The Hall–Kier alpha value is -2.90. The zero-order chi connectivity index (χ0) is 18.9. The van der Waals surface area contributed by atoms with E-state index in [0.29, 0.717) is 16.5 Å². The Morgan fingerprint density at radius 3 is 2.92 bits per heavy atom. The number of halogens is 1. The Kier molecular flexibility index (Phi) is 4.67. The molecule has 10 heteroatoms. The van der Waals surface area contributed by atoms with Gasteiger partial charge in [-0.3, -0.25) is 9.40 Å². The molecule has 3 N–H and O–H groups in total. The molecule has 0 aliphatic rings. The number of fused-ring (bicyclic) bond motifs is 1. The zero-order valence-electron chi connectivity index (χ0n) is 13.8. The second-order valence-electron chi connectivity index (χ2n) is 5.75. The minimum Gasteiger partial charge on any atom is -0.394 e. The van der Waals surface area contributed by atoms with Gasteiger partial charge in [-0.1, -0.05) is 6.07 Å². The Balaban J connectivity index is 1.99. The Bertz CT molecular complexity index is 1090. The number of hydrogen-bond donors (Lipinski definition) is 3. The molecule has 0 spiro atoms. The maximum absolute atomic E-state index is 12.8. The van der Waals surface area contributed by atoms with Crippen molar-refractivity contribution in [3.63, 3.8) is 0 Å². The van der Waals surface area contributed by atoms with E-state index in [4.69, 9.17) is 5.11 Å². The number of nitrogens with one attached hydrogen (secondary N) is 2. The Morgan fingerprint density at radius 1 is 1.50 bits per heavy atom. The summed E-state index contributed by atoms with van der Waals surface area (Å²) in [5.74, 6) is 0. The number of nitriles is 1. The van der Waals surface area contributed by atoms with Crippen molar-refractivity contribution in [3.8, 4) is 6.07 Å². The van der Waals surface area contributed by atoms with Gasteiger partial charge >= 0.3 is 0 Å². The molecular weight excluding hydrogens is 361 g/mol. The molecule has 1 atom stereocenters. The van der Waals surface area contributed by atoms with Gasteiger partial charge in [0.15, 0.2) is 0 Å². The third kappa shape index (κ3) is 3.02. The van der Waals surface area contributed by atoms with E-state index in [-0.39, 0.29) is 10.6 Å². The topological polar surface area (TPSA) is 124 Å². The van der Waals surface area contributed by atoms with Crippen LogP contribution in [0.25, 0.3) is 10.9 Å². The highest BCUT2D eigenvalue weighted by atomic mass is 32.2. The molecule has 3 rings (SSSR count). The molecule has 0 saturated heterocycles.